The van der Waals surface area contributed by atoms with E-state index in [1.54, 1.807) is 25.2 Å². The smallest absolute Gasteiger partial charge is 0.201 e. The molecule has 0 saturated carbocycles. The average molecular weight is 344 g/mol. The van der Waals surface area contributed by atoms with Gasteiger partial charge in [0, 0.05) is 32.3 Å². The zero-order valence-corrected chi connectivity index (χ0v) is 14.9. The first kappa shape index (κ1) is 17.5. The molecule has 3 rings (SSSR count). The van der Waals surface area contributed by atoms with E-state index in [2.05, 4.69) is 0 Å². The van der Waals surface area contributed by atoms with E-state index in [4.69, 9.17) is 4.74 Å². The molecule has 0 bridgehead atoms. The van der Waals surface area contributed by atoms with Gasteiger partial charge in [0.25, 0.3) is 0 Å². The summed E-state index contributed by atoms with van der Waals surface area (Å²) in [6, 6.07) is 17.8. The lowest BCUT2D eigenvalue weighted by Crippen LogP contribution is -2.10. The van der Waals surface area contributed by atoms with Crippen LogP contribution in [0.3, 0.4) is 0 Å². The molecule has 1 aliphatic carbocycles. The van der Waals surface area contributed by atoms with Crippen molar-refractivity contribution in [2.75, 3.05) is 14.1 Å². The fourth-order valence-corrected chi connectivity index (χ4v) is 2.87. The fraction of sp³-hybridized carbons (Fsp3) is 0.182. The zero-order valence-electron chi connectivity index (χ0n) is 14.9. The quantitative estimate of drug-likeness (QED) is 0.592. The van der Waals surface area contributed by atoms with E-state index in [1.165, 1.54) is 0 Å². The third-order valence-corrected chi connectivity index (χ3v) is 4.12. The monoisotopic (exact) mass is 344 g/mol. The summed E-state index contributed by atoms with van der Waals surface area (Å²) in [5.74, 6) is 0.559. The third kappa shape index (κ3) is 4.01. The molecule has 1 aliphatic rings. The van der Waals surface area contributed by atoms with Gasteiger partial charge in [-0.3, -0.25) is 4.79 Å². The van der Waals surface area contributed by atoms with Crippen molar-refractivity contribution in [3.63, 3.8) is 0 Å². The van der Waals surface area contributed by atoms with E-state index in [0.29, 0.717) is 18.6 Å². The maximum Gasteiger partial charge on any atom is 0.201 e. The van der Waals surface area contributed by atoms with Gasteiger partial charge in [-0.15, -0.1) is 0 Å². The highest BCUT2D eigenvalue weighted by Gasteiger charge is 2.22. The maximum absolute atomic E-state index is 12.6. The Morgan fingerprint density at radius 2 is 2.00 bits per heavy atom. The summed E-state index contributed by atoms with van der Waals surface area (Å²) in [4.78, 5) is 14.3. The first-order valence-corrected chi connectivity index (χ1v) is 8.40. The van der Waals surface area contributed by atoms with Crippen LogP contribution in [0.15, 0.2) is 65.9 Å². The van der Waals surface area contributed by atoms with Gasteiger partial charge >= 0.3 is 0 Å². The van der Waals surface area contributed by atoms with Gasteiger partial charge in [0.05, 0.1) is 0 Å². The van der Waals surface area contributed by atoms with Crippen molar-refractivity contribution < 1.29 is 9.53 Å². The molecule has 0 fully saturated rings. The number of Topliss-reactive ketones (excluding diaryl/α,β-unsaturated/α-hetero) is 1. The van der Waals surface area contributed by atoms with Gasteiger partial charge < -0.3 is 9.64 Å². The lowest BCUT2D eigenvalue weighted by Gasteiger charge is -2.08. The number of rotatable bonds is 6. The number of nitriles is 1. The molecule has 130 valence electrons. The number of hydrogen-bond donors (Lipinski definition) is 0. The number of benzene rings is 2. The molecule has 0 atom stereocenters. The highest BCUT2D eigenvalue weighted by Crippen LogP contribution is 2.30. The van der Waals surface area contributed by atoms with Crippen LogP contribution in [0.5, 0.6) is 5.75 Å². The Hall–Kier alpha value is -3.32. The molecule has 26 heavy (non-hydrogen) atoms. The number of hydrogen-bond acceptors (Lipinski definition) is 4. The topological polar surface area (TPSA) is 53.3 Å². The molecule has 4 nitrogen and oxygen atoms in total. The van der Waals surface area contributed by atoms with Crippen LogP contribution in [-0.4, -0.2) is 24.8 Å². The van der Waals surface area contributed by atoms with Crippen LogP contribution in [0.25, 0.3) is 6.08 Å². The Bertz CT molecular complexity index is 919. The molecule has 0 spiro atoms. The minimum Gasteiger partial charge on any atom is -0.489 e. The number of carbonyl (C=O) groups excluding carboxylic acids is 1. The molecule has 0 heterocycles. The Morgan fingerprint density at radius 1 is 1.23 bits per heavy atom. The SMILES string of the molecule is CN(C)C=C(C#N)C(=O)C1=Cc2ccc(OCc3ccccc3)cc2C1. The van der Waals surface area contributed by atoms with Gasteiger partial charge in [0.2, 0.25) is 5.78 Å². The first-order valence-electron chi connectivity index (χ1n) is 8.40. The number of ketones is 1. The lowest BCUT2D eigenvalue weighted by molar-refractivity contribution is -0.111. The second-order valence-electron chi connectivity index (χ2n) is 6.43. The number of allylic oxidation sites excluding steroid dienone is 2. The highest BCUT2D eigenvalue weighted by atomic mass is 16.5. The van der Waals surface area contributed by atoms with Crippen LogP contribution in [-0.2, 0) is 17.8 Å². The maximum atomic E-state index is 12.6. The number of fused-ring (bicyclic) bond motifs is 1. The highest BCUT2D eigenvalue weighted by molar-refractivity contribution is 6.14. The summed E-state index contributed by atoms with van der Waals surface area (Å²) in [6.07, 6.45) is 3.93. The predicted octanol–water partition coefficient (Wildman–Crippen LogP) is 3.74. The van der Waals surface area contributed by atoms with Crippen molar-refractivity contribution >= 4 is 11.9 Å². The van der Waals surface area contributed by atoms with Gasteiger partial charge in [-0.1, -0.05) is 36.4 Å². The van der Waals surface area contributed by atoms with Gasteiger partial charge in [-0.05, 0) is 34.9 Å². The lowest BCUT2D eigenvalue weighted by atomic mass is 10.0. The van der Waals surface area contributed by atoms with Gasteiger partial charge in [-0.25, -0.2) is 0 Å². The largest absolute Gasteiger partial charge is 0.489 e. The van der Waals surface area contributed by atoms with E-state index in [0.717, 1.165) is 22.4 Å². The molecule has 2 aromatic carbocycles. The predicted molar refractivity (Wildman–Crippen MR) is 101 cm³/mol. The first-order chi connectivity index (χ1) is 12.6. The van der Waals surface area contributed by atoms with Crippen molar-refractivity contribution in [3.05, 3.63) is 82.6 Å². The summed E-state index contributed by atoms with van der Waals surface area (Å²) in [7, 11) is 3.58. The zero-order chi connectivity index (χ0) is 18.5. The van der Waals surface area contributed by atoms with Crippen LogP contribution < -0.4 is 4.74 Å². The fourth-order valence-electron chi connectivity index (χ4n) is 2.87. The molecule has 2 aromatic rings. The van der Waals surface area contributed by atoms with Crippen molar-refractivity contribution in [3.8, 4) is 11.8 Å². The molecule has 0 amide bonds. The second-order valence-corrected chi connectivity index (χ2v) is 6.43. The standard InChI is InChI=1S/C22H20N2O2/c1-24(2)14-20(13-23)22(25)19-10-17-8-9-21(12-18(17)11-19)26-15-16-6-4-3-5-7-16/h3-10,12,14H,11,15H2,1-2H3. The van der Waals surface area contributed by atoms with Gasteiger partial charge in [0.1, 0.15) is 24.0 Å². The molecule has 0 unspecified atom stereocenters. The van der Waals surface area contributed by atoms with E-state index >= 15 is 0 Å². The Morgan fingerprint density at radius 3 is 2.69 bits per heavy atom. The summed E-state index contributed by atoms with van der Waals surface area (Å²) < 4.78 is 5.86. The van der Waals surface area contributed by atoms with Crippen LogP contribution in [0.1, 0.15) is 16.7 Å². The minimum atomic E-state index is -0.218. The Labute approximate surface area is 153 Å². The minimum absolute atomic E-state index is 0.148. The van der Waals surface area contributed by atoms with Crippen LogP contribution in [0.4, 0.5) is 0 Å². The average Bonchev–Trinajstić information content (AvgIpc) is 3.08. The van der Waals surface area contributed by atoms with E-state index < -0.39 is 0 Å². The molecule has 0 radical (unpaired) electrons. The van der Waals surface area contributed by atoms with E-state index in [9.17, 15) is 10.1 Å². The van der Waals surface area contributed by atoms with Crippen LogP contribution in [0, 0.1) is 11.3 Å². The molecule has 0 aromatic heterocycles. The van der Waals surface area contributed by atoms with Gasteiger partial charge in [-0.2, -0.15) is 5.26 Å². The molecule has 0 N–H and O–H groups in total. The number of ether oxygens (including phenoxy) is 1. The second kappa shape index (κ2) is 7.71. The molecule has 0 aliphatic heterocycles. The van der Waals surface area contributed by atoms with Crippen molar-refractivity contribution in [1.82, 2.24) is 4.90 Å². The van der Waals surface area contributed by atoms with Crippen LogP contribution in [0.2, 0.25) is 0 Å². The van der Waals surface area contributed by atoms with E-state index in [-0.39, 0.29) is 11.4 Å². The third-order valence-electron chi connectivity index (χ3n) is 4.12. The van der Waals surface area contributed by atoms with Gasteiger partial charge in [0.15, 0.2) is 0 Å². The Balaban J connectivity index is 1.70. The summed E-state index contributed by atoms with van der Waals surface area (Å²) in [6.45, 7) is 0.503. The summed E-state index contributed by atoms with van der Waals surface area (Å²) in [5, 5.41) is 9.23. The summed E-state index contributed by atoms with van der Waals surface area (Å²) in [5.41, 5.74) is 3.93. The van der Waals surface area contributed by atoms with Crippen LogP contribution >= 0.6 is 0 Å². The number of carbonyl (C=O) groups is 1. The van der Waals surface area contributed by atoms with E-state index in [1.807, 2.05) is 60.7 Å². The van der Waals surface area contributed by atoms with Crippen molar-refractivity contribution in [1.29, 1.82) is 5.26 Å². The van der Waals surface area contributed by atoms with Crippen molar-refractivity contribution in [2.45, 2.75) is 13.0 Å². The van der Waals surface area contributed by atoms with Crippen molar-refractivity contribution in [2.24, 2.45) is 0 Å². The molecular weight excluding hydrogens is 324 g/mol. The molecular formula is C22H20N2O2. The molecule has 4 heteroatoms. The normalized spacial score (nSPS) is 12.8. The number of nitrogens with zero attached hydrogens (tertiary/aromatic N) is 2. The molecule has 0 saturated heterocycles. The Kier molecular flexibility index (Phi) is 5.19. The summed E-state index contributed by atoms with van der Waals surface area (Å²) >= 11 is 0.